The van der Waals surface area contributed by atoms with Crippen LogP contribution in [0.3, 0.4) is 0 Å². The number of unbranched alkanes of at least 4 members (excludes halogenated alkanes) is 2. The highest BCUT2D eigenvalue weighted by Crippen LogP contribution is 2.27. The van der Waals surface area contributed by atoms with Gasteiger partial charge in [-0.3, -0.25) is 38.7 Å². The summed E-state index contributed by atoms with van der Waals surface area (Å²) in [4.78, 5) is 117. The van der Waals surface area contributed by atoms with Gasteiger partial charge in [-0.1, -0.05) is 56.7 Å². The van der Waals surface area contributed by atoms with Gasteiger partial charge in [0, 0.05) is 68.7 Å². The summed E-state index contributed by atoms with van der Waals surface area (Å²) < 4.78 is 10.9. The van der Waals surface area contributed by atoms with Crippen LogP contribution in [0.1, 0.15) is 74.0 Å². The fourth-order valence-corrected chi connectivity index (χ4v) is 7.74. The molecule has 1 fully saturated rings. The number of hydrogen-bond donors (Lipinski definition) is 8. The monoisotopic (exact) mass is 1000 g/mol. The highest BCUT2D eigenvalue weighted by atomic mass is 16.5. The molecule has 4 heterocycles. The summed E-state index contributed by atoms with van der Waals surface area (Å²) in [5, 5.41) is 16.3. The lowest BCUT2D eigenvalue weighted by Gasteiger charge is -2.30. The molecule has 9 amide bonds. The molecule has 0 saturated carbocycles. The van der Waals surface area contributed by atoms with Crippen LogP contribution in [0.2, 0.25) is 0 Å². The number of anilines is 4. The van der Waals surface area contributed by atoms with Crippen LogP contribution in [0, 0.1) is 5.92 Å². The van der Waals surface area contributed by atoms with Crippen LogP contribution in [0.25, 0.3) is 11.3 Å². The van der Waals surface area contributed by atoms with Gasteiger partial charge in [-0.2, -0.15) is 0 Å². The van der Waals surface area contributed by atoms with E-state index in [0.717, 1.165) is 16.2 Å². The van der Waals surface area contributed by atoms with E-state index in [9.17, 15) is 38.4 Å². The number of nitrogen functional groups attached to an aromatic ring is 1. The summed E-state index contributed by atoms with van der Waals surface area (Å²) in [6, 6.07) is 12.8. The zero-order valence-corrected chi connectivity index (χ0v) is 40.7. The van der Waals surface area contributed by atoms with Gasteiger partial charge in [0.05, 0.1) is 42.7 Å². The molecule has 6 rings (SSSR count). The first-order valence-corrected chi connectivity index (χ1v) is 23.9. The van der Waals surface area contributed by atoms with Crippen LogP contribution in [0.4, 0.5) is 32.5 Å². The largest absolute Gasteiger partial charge is 0.445 e. The average molecular weight is 1000 g/mol. The number of imide groups is 1. The van der Waals surface area contributed by atoms with E-state index in [1.165, 1.54) is 18.3 Å². The van der Waals surface area contributed by atoms with Gasteiger partial charge in [0.25, 0.3) is 17.7 Å². The third kappa shape index (κ3) is 16.3. The molecule has 2 aromatic heterocycles. The Morgan fingerprint density at radius 2 is 1.52 bits per heavy atom. The Hall–Kier alpha value is -8.47. The summed E-state index contributed by atoms with van der Waals surface area (Å²) in [5.41, 5.74) is 15.4. The van der Waals surface area contributed by atoms with Crippen molar-refractivity contribution in [3.05, 3.63) is 102 Å². The number of morpholine rings is 1. The second-order valence-electron chi connectivity index (χ2n) is 17.5. The van der Waals surface area contributed by atoms with Gasteiger partial charge in [-0.25, -0.2) is 19.6 Å². The molecule has 0 bridgehead atoms. The highest BCUT2D eigenvalue weighted by Gasteiger charge is 2.29. The summed E-state index contributed by atoms with van der Waals surface area (Å²) in [5.74, 6) is -3.11. The minimum atomic E-state index is -1.06. The summed E-state index contributed by atoms with van der Waals surface area (Å²) in [7, 11) is 0. The zero-order chi connectivity index (χ0) is 52.3. The molecular weight excluding hydrogens is 943 g/mol. The number of benzene rings is 2. The third-order valence-electron chi connectivity index (χ3n) is 11.7. The van der Waals surface area contributed by atoms with Crippen molar-refractivity contribution in [2.45, 2.75) is 77.6 Å². The predicted molar refractivity (Wildman–Crippen MR) is 269 cm³/mol. The Bertz CT molecular complexity index is 2620. The number of nitrogens with zero attached hydrogens (tertiary/aromatic N) is 5. The van der Waals surface area contributed by atoms with E-state index < -0.39 is 41.9 Å². The van der Waals surface area contributed by atoms with E-state index in [1.54, 1.807) is 74.8 Å². The van der Waals surface area contributed by atoms with Crippen LogP contribution < -0.4 is 48.3 Å². The number of nitrogens with two attached hydrogens (primary N) is 2. The molecule has 0 aliphatic carbocycles. The van der Waals surface area contributed by atoms with Gasteiger partial charge in [-0.05, 0) is 60.9 Å². The first-order valence-electron chi connectivity index (χ1n) is 23.9. The Labute approximate surface area is 421 Å². The van der Waals surface area contributed by atoms with Crippen LogP contribution >= 0.6 is 0 Å². The number of carbonyl (C=O) groups is 8. The number of amides is 9. The van der Waals surface area contributed by atoms with Gasteiger partial charge >= 0.3 is 12.1 Å². The SMILES string of the molecule is CC(C)[C@H](NC(=O)CCCCCN1C(=O)C=CC1=O)C(=O)N[C@@H](CCCNC(N)=O)C(=O)Nc1ccc(COC(=O)NCc2ccc(-c3cnc(N)c(C(=O)Nc4cnccc4N4CCOCC4)n3)cc2)cc1. The third-order valence-corrected chi connectivity index (χ3v) is 11.7. The molecule has 386 valence electrons. The lowest BCUT2D eigenvalue weighted by atomic mass is 10.0. The van der Waals surface area contributed by atoms with Crippen molar-refractivity contribution in [3.8, 4) is 11.3 Å². The van der Waals surface area contributed by atoms with Gasteiger partial charge in [0.1, 0.15) is 18.7 Å². The fraction of sp³-hybridized carbons (Fsp3) is 0.380. The minimum absolute atomic E-state index is 0.0353. The lowest BCUT2D eigenvalue weighted by Crippen LogP contribution is -2.54. The maximum atomic E-state index is 13.6. The van der Waals surface area contributed by atoms with Crippen molar-refractivity contribution in [1.29, 1.82) is 0 Å². The lowest BCUT2D eigenvalue weighted by molar-refractivity contribution is -0.137. The van der Waals surface area contributed by atoms with Crippen LogP contribution in [0.5, 0.6) is 0 Å². The number of ether oxygens (including phenoxy) is 2. The second-order valence-corrected chi connectivity index (χ2v) is 17.5. The molecule has 73 heavy (non-hydrogen) atoms. The minimum Gasteiger partial charge on any atom is -0.445 e. The number of rotatable bonds is 24. The van der Waals surface area contributed by atoms with Crippen molar-refractivity contribution in [3.63, 3.8) is 0 Å². The first kappa shape index (κ1) is 53.9. The van der Waals surface area contributed by atoms with E-state index in [2.05, 4.69) is 51.8 Å². The Kier molecular flexibility index (Phi) is 19.7. The van der Waals surface area contributed by atoms with E-state index >= 15 is 0 Å². The van der Waals surface area contributed by atoms with Gasteiger partial charge in [-0.15, -0.1) is 0 Å². The van der Waals surface area contributed by atoms with E-state index in [-0.39, 0.29) is 74.2 Å². The van der Waals surface area contributed by atoms with Gasteiger partial charge in [0.2, 0.25) is 17.7 Å². The Balaban J connectivity index is 0.950. The van der Waals surface area contributed by atoms with E-state index in [4.69, 9.17) is 20.9 Å². The number of carbonyl (C=O) groups excluding carboxylic acids is 8. The topological polar surface area (TPSA) is 324 Å². The number of aromatic nitrogens is 3. The normalized spacial score (nSPS) is 14.0. The van der Waals surface area contributed by atoms with E-state index in [0.29, 0.717) is 80.2 Å². The van der Waals surface area contributed by atoms with Crippen LogP contribution in [0.15, 0.2) is 85.3 Å². The number of pyridine rings is 1. The molecule has 4 aromatic rings. The van der Waals surface area contributed by atoms with Gasteiger partial charge < -0.3 is 57.7 Å². The van der Waals surface area contributed by atoms with Crippen LogP contribution in [-0.2, 0) is 46.6 Å². The number of alkyl carbamates (subject to hydrolysis) is 1. The van der Waals surface area contributed by atoms with Gasteiger partial charge in [0.15, 0.2) is 11.5 Å². The number of nitrogens with one attached hydrogen (secondary N) is 6. The molecular formula is C50H61N13O10. The van der Waals surface area contributed by atoms with Crippen molar-refractivity contribution in [2.24, 2.45) is 11.7 Å². The second kappa shape index (κ2) is 26.7. The summed E-state index contributed by atoms with van der Waals surface area (Å²) in [6.45, 7) is 6.48. The van der Waals surface area contributed by atoms with Crippen molar-refractivity contribution >= 4 is 70.4 Å². The zero-order valence-electron chi connectivity index (χ0n) is 40.7. The number of urea groups is 1. The molecule has 2 aromatic carbocycles. The quantitative estimate of drug-likeness (QED) is 0.0369. The smallest absolute Gasteiger partial charge is 0.407 e. The number of hydrogen-bond acceptors (Lipinski definition) is 15. The molecule has 2 aliphatic heterocycles. The average Bonchev–Trinajstić information content (AvgIpc) is 3.70. The summed E-state index contributed by atoms with van der Waals surface area (Å²) in [6.07, 6.45) is 8.57. The standard InChI is InChI=1S/C50H61N13O10/c1-31(2)43(61-40(64)8-4-3-5-22-63-41(65)17-18-42(63)66)47(68)59-36(7-6-20-54-49(52)70)46(67)57-35-15-11-33(12-16-35)30-73-50(71)56-27-32-9-13-34(14-10-32)37-29-55-45(51)44(58-37)48(69)60-38-28-53-21-19-39(38)62-23-25-72-26-24-62/h9-19,21,28-29,31,36,43H,3-8,20,22-27,30H2,1-2H3,(H2,51,55)(H,56,71)(H,57,67)(H,59,68)(H,60,69)(H,61,64)(H3,52,54,70)/t36-,43-/m0/s1. The molecule has 1 saturated heterocycles. The van der Waals surface area contributed by atoms with Crippen molar-refractivity contribution in [1.82, 2.24) is 41.1 Å². The molecule has 2 aliphatic rings. The number of primary amides is 1. The molecule has 10 N–H and O–H groups in total. The maximum Gasteiger partial charge on any atom is 0.407 e. The Morgan fingerprint density at radius 1 is 0.808 bits per heavy atom. The molecule has 0 radical (unpaired) electrons. The Morgan fingerprint density at radius 3 is 2.22 bits per heavy atom. The van der Waals surface area contributed by atoms with Crippen LogP contribution in [-0.4, -0.2) is 119 Å². The predicted octanol–water partition coefficient (Wildman–Crippen LogP) is 3.13. The fourth-order valence-electron chi connectivity index (χ4n) is 7.74. The maximum absolute atomic E-state index is 13.6. The first-order chi connectivity index (χ1) is 35.1. The molecule has 2 atom stereocenters. The van der Waals surface area contributed by atoms with E-state index in [1.807, 2.05) is 6.07 Å². The van der Waals surface area contributed by atoms with Crippen molar-refractivity contribution < 1.29 is 47.8 Å². The summed E-state index contributed by atoms with van der Waals surface area (Å²) >= 11 is 0. The highest BCUT2D eigenvalue weighted by molar-refractivity contribution is 6.13. The molecule has 0 spiro atoms. The molecule has 23 nitrogen and oxygen atoms in total. The van der Waals surface area contributed by atoms with Crippen molar-refractivity contribution in [2.75, 3.05) is 60.7 Å². The molecule has 23 heteroatoms. The molecule has 0 unspecified atom stereocenters.